The molecule has 1 aromatic rings. The van der Waals surface area contributed by atoms with Crippen LogP contribution in [0.3, 0.4) is 0 Å². The number of hydrogen-bond donors (Lipinski definition) is 0. The molecule has 0 aliphatic heterocycles. The zero-order chi connectivity index (χ0) is 13.1. The van der Waals surface area contributed by atoms with Gasteiger partial charge in [-0.3, -0.25) is 9.98 Å². The molecular weight excluding hydrogens is 220 g/mol. The molecule has 1 aromatic carbocycles. The monoisotopic (exact) mass is 242 g/mol. The van der Waals surface area contributed by atoms with E-state index in [1.54, 1.807) is 0 Å². The van der Waals surface area contributed by atoms with Crippen LogP contribution < -0.4 is 0 Å². The predicted octanol–water partition coefficient (Wildman–Crippen LogP) is 4.26. The van der Waals surface area contributed by atoms with Gasteiger partial charge in [-0.2, -0.15) is 0 Å². The van der Waals surface area contributed by atoms with Gasteiger partial charge in [0.25, 0.3) is 0 Å². The summed E-state index contributed by atoms with van der Waals surface area (Å²) in [7, 11) is 1.83. The Morgan fingerprint density at radius 3 is 2.33 bits per heavy atom. The minimum atomic E-state index is 0.761. The van der Waals surface area contributed by atoms with Gasteiger partial charge in [-0.25, -0.2) is 0 Å². The van der Waals surface area contributed by atoms with E-state index < -0.39 is 0 Å². The predicted molar refractivity (Wildman–Crippen MR) is 79.2 cm³/mol. The highest BCUT2D eigenvalue weighted by Gasteiger charge is 2.24. The summed E-state index contributed by atoms with van der Waals surface area (Å²) in [5.74, 6) is 1.52. The molecule has 2 atom stereocenters. The Bertz CT molecular complexity index is 474. The van der Waals surface area contributed by atoms with Crippen molar-refractivity contribution in [1.29, 1.82) is 0 Å². The maximum Gasteiger partial charge on any atom is 0.0719 e. The fourth-order valence-electron chi connectivity index (χ4n) is 2.49. The lowest BCUT2D eigenvalue weighted by molar-refractivity contribution is 0.457. The van der Waals surface area contributed by atoms with Gasteiger partial charge in [0.05, 0.1) is 5.69 Å². The van der Waals surface area contributed by atoms with Crippen molar-refractivity contribution in [3.63, 3.8) is 0 Å². The quantitative estimate of drug-likeness (QED) is 0.692. The van der Waals surface area contributed by atoms with E-state index in [1.165, 1.54) is 5.71 Å². The lowest BCUT2D eigenvalue weighted by Crippen LogP contribution is -1.96. The molecule has 0 bridgehead atoms. The SMILES string of the molecule is CN=C(C)c1ccccc1N=C1CC(C)C(C)C1. The van der Waals surface area contributed by atoms with Crippen LogP contribution in [0.4, 0.5) is 5.69 Å². The van der Waals surface area contributed by atoms with Gasteiger partial charge in [-0.1, -0.05) is 32.0 Å². The molecule has 0 radical (unpaired) electrons. The molecule has 0 heterocycles. The second kappa shape index (κ2) is 5.47. The zero-order valence-electron chi connectivity index (χ0n) is 11.8. The van der Waals surface area contributed by atoms with Crippen molar-refractivity contribution in [3.05, 3.63) is 29.8 Å². The fraction of sp³-hybridized carbons (Fsp3) is 0.500. The minimum Gasteiger partial charge on any atom is -0.293 e. The van der Waals surface area contributed by atoms with Crippen molar-refractivity contribution in [1.82, 2.24) is 0 Å². The first-order valence-electron chi connectivity index (χ1n) is 6.71. The van der Waals surface area contributed by atoms with E-state index in [1.807, 2.05) is 26.1 Å². The van der Waals surface area contributed by atoms with Crippen LogP contribution in [0.25, 0.3) is 0 Å². The molecule has 1 saturated carbocycles. The van der Waals surface area contributed by atoms with E-state index >= 15 is 0 Å². The lowest BCUT2D eigenvalue weighted by Gasteiger charge is -2.05. The third-order valence-corrected chi connectivity index (χ3v) is 3.99. The maximum absolute atomic E-state index is 4.86. The molecule has 0 amide bonds. The van der Waals surface area contributed by atoms with Gasteiger partial charge < -0.3 is 0 Å². The van der Waals surface area contributed by atoms with Crippen molar-refractivity contribution in [2.24, 2.45) is 21.8 Å². The van der Waals surface area contributed by atoms with Gasteiger partial charge in [-0.05, 0) is 37.7 Å². The normalized spacial score (nSPS) is 24.4. The van der Waals surface area contributed by atoms with Gasteiger partial charge in [0.15, 0.2) is 0 Å². The summed E-state index contributed by atoms with van der Waals surface area (Å²) >= 11 is 0. The van der Waals surface area contributed by atoms with Gasteiger partial charge in [0.2, 0.25) is 0 Å². The van der Waals surface area contributed by atoms with Gasteiger partial charge in [0.1, 0.15) is 0 Å². The van der Waals surface area contributed by atoms with Gasteiger partial charge >= 0.3 is 0 Å². The molecule has 1 fully saturated rings. The minimum absolute atomic E-state index is 0.761. The number of benzene rings is 1. The summed E-state index contributed by atoms with van der Waals surface area (Å²) in [6.07, 6.45) is 2.27. The van der Waals surface area contributed by atoms with Crippen LogP contribution in [0.15, 0.2) is 34.3 Å². The molecule has 2 rings (SSSR count). The summed E-state index contributed by atoms with van der Waals surface area (Å²) in [6, 6.07) is 8.29. The second-order valence-electron chi connectivity index (χ2n) is 5.37. The Hall–Kier alpha value is -1.44. The second-order valence-corrected chi connectivity index (χ2v) is 5.37. The number of rotatable bonds is 2. The average Bonchev–Trinajstić information content (AvgIpc) is 2.68. The van der Waals surface area contributed by atoms with E-state index in [4.69, 9.17) is 4.99 Å². The average molecular weight is 242 g/mol. The van der Waals surface area contributed by atoms with E-state index in [-0.39, 0.29) is 0 Å². The van der Waals surface area contributed by atoms with Crippen LogP contribution in [0.1, 0.15) is 39.2 Å². The van der Waals surface area contributed by atoms with Crippen LogP contribution in [-0.4, -0.2) is 18.5 Å². The third-order valence-electron chi connectivity index (χ3n) is 3.99. The van der Waals surface area contributed by atoms with Crippen LogP contribution in [0.5, 0.6) is 0 Å². The number of aliphatic imine (C=N–C) groups is 2. The molecule has 18 heavy (non-hydrogen) atoms. The highest BCUT2D eigenvalue weighted by molar-refractivity contribution is 6.04. The topological polar surface area (TPSA) is 24.7 Å². The van der Waals surface area contributed by atoms with Crippen LogP contribution in [0, 0.1) is 11.8 Å². The van der Waals surface area contributed by atoms with Crippen molar-refractivity contribution in [2.75, 3.05) is 7.05 Å². The lowest BCUT2D eigenvalue weighted by atomic mass is 10.0. The highest BCUT2D eigenvalue weighted by Crippen LogP contribution is 2.31. The van der Waals surface area contributed by atoms with Gasteiger partial charge in [-0.15, -0.1) is 0 Å². The van der Waals surface area contributed by atoms with Gasteiger partial charge in [0, 0.05) is 24.0 Å². The standard InChI is InChI=1S/C16H22N2/c1-11-9-14(10-12(11)2)18-16-8-6-5-7-15(16)13(3)17-4/h5-8,11-12H,9-10H2,1-4H3. The maximum atomic E-state index is 4.86. The summed E-state index contributed by atoms with van der Waals surface area (Å²) in [5.41, 5.74) is 4.61. The van der Waals surface area contributed by atoms with E-state index in [0.29, 0.717) is 0 Å². The van der Waals surface area contributed by atoms with Crippen LogP contribution in [0.2, 0.25) is 0 Å². The van der Waals surface area contributed by atoms with E-state index in [2.05, 4.69) is 31.0 Å². The molecule has 0 spiro atoms. The van der Waals surface area contributed by atoms with Crippen molar-refractivity contribution < 1.29 is 0 Å². The fourth-order valence-corrected chi connectivity index (χ4v) is 2.49. The molecule has 2 unspecified atom stereocenters. The molecule has 0 N–H and O–H groups in total. The van der Waals surface area contributed by atoms with Crippen molar-refractivity contribution in [3.8, 4) is 0 Å². The summed E-state index contributed by atoms with van der Waals surface area (Å²) in [5, 5.41) is 0. The molecule has 1 aliphatic carbocycles. The van der Waals surface area contributed by atoms with Crippen molar-refractivity contribution in [2.45, 2.75) is 33.6 Å². The Balaban J connectivity index is 2.33. The summed E-state index contributed by atoms with van der Waals surface area (Å²) in [4.78, 5) is 9.13. The molecule has 1 aliphatic rings. The number of hydrogen-bond acceptors (Lipinski definition) is 2. The Morgan fingerprint density at radius 1 is 1.11 bits per heavy atom. The zero-order valence-corrected chi connectivity index (χ0v) is 11.8. The number of nitrogens with zero attached hydrogens (tertiary/aromatic N) is 2. The molecule has 96 valence electrons. The Labute approximate surface area is 110 Å². The molecule has 2 nitrogen and oxygen atoms in total. The first kappa shape index (κ1) is 13.0. The Kier molecular flexibility index (Phi) is 3.95. The Morgan fingerprint density at radius 2 is 1.72 bits per heavy atom. The number of para-hydroxylation sites is 1. The highest BCUT2D eigenvalue weighted by atomic mass is 14.8. The van der Waals surface area contributed by atoms with Crippen LogP contribution in [-0.2, 0) is 0 Å². The third kappa shape index (κ3) is 2.69. The van der Waals surface area contributed by atoms with E-state index in [9.17, 15) is 0 Å². The molecule has 0 aromatic heterocycles. The molecule has 0 saturated heterocycles. The molecule has 2 heteroatoms. The van der Waals surface area contributed by atoms with Crippen LogP contribution >= 0.6 is 0 Å². The largest absolute Gasteiger partial charge is 0.293 e. The van der Waals surface area contributed by atoms with E-state index in [0.717, 1.165) is 41.6 Å². The summed E-state index contributed by atoms with van der Waals surface area (Å²) < 4.78 is 0. The first-order chi connectivity index (χ1) is 8.61. The summed E-state index contributed by atoms with van der Waals surface area (Å²) in [6.45, 7) is 6.68. The smallest absolute Gasteiger partial charge is 0.0719 e. The molecular formula is C16H22N2. The first-order valence-corrected chi connectivity index (χ1v) is 6.71. The van der Waals surface area contributed by atoms with Crippen molar-refractivity contribution >= 4 is 17.1 Å².